The minimum Gasteiger partial charge on any atom is -0.444 e. The van der Waals surface area contributed by atoms with Crippen LogP contribution in [0.5, 0.6) is 0 Å². The number of nitrogens with two attached hydrogens (primary N) is 1. The molecule has 1 aromatic carbocycles. The van der Waals surface area contributed by atoms with Crippen LogP contribution in [0.2, 0.25) is 0 Å². The van der Waals surface area contributed by atoms with E-state index in [-0.39, 0.29) is 19.4 Å². The first kappa shape index (κ1) is 29.9. The monoisotopic (exact) mass is 492 g/mol. The Kier molecular flexibility index (Phi) is 10.7. The van der Waals surface area contributed by atoms with E-state index in [1.54, 1.807) is 39.0 Å². The number of hydrogen-bond donors (Lipinski definition) is 4. The lowest BCUT2D eigenvalue weighted by Gasteiger charge is -2.35. The summed E-state index contributed by atoms with van der Waals surface area (Å²) in [5.74, 6) is -1.75. The summed E-state index contributed by atoms with van der Waals surface area (Å²) in [6.45, 7) is 11.7. The smallest absolute Gasteiger partial charge is 0.408 e. The maximum atomic E-state index is 13.7. The van der Waals surface area contributed by atoms with Gasteiger partial charge in [-0.05, 0) is 60.5 Å². The highest BCUT2D eigenvalue weighted by atomic mass is 16.6. The fraction of sp³-hybridized carbons (Fsp3) is 0.600. The average molecular weight is 493 g/mol. The van der Waals surface area contributed by atoms with Crippen molar-refractivity contribution in [2.24, 2.45) is 5.73 Å². The van der Waals surface area contributed by atoms with Crippen LogP contribution in [-0.2, 0) is 19.1 Å². The van der Waals surface area contributed by atoms with Crippen molar-refractivity contribution in [1.82, 2.24) is 15.5 Å². The molecule has 0 saturated heterocycles. The van der Waals surface area contributed by atoms with E-state index in [0.29, 0.717) is 5.56 Å². The molecule has 0 heterocycles. The number of nitrogens with one attached hydrogen (secondary N) is 2. The Labute approximate surface area is 207 Å². The van der Waals surface area contributed by atoms with E-state index in [1.807, 2.05) is 33.8 Å². The van der Waals surface area contributed by atoms with Crippen molar-refractivity contribution in [3.63, 3.8) is 0 Å². The predicted octanol–water partition coefficient (Wildman–Crippen LogP) is 1.93. The third kappa shape index (κ3) is 10.8. The first-order valence-electron chi connectivity index (χ1n) is 11.6. The molecule has 0 saturated carbocycles. The van der Waals surface area contributed by atoms with Gasteiger partial charge in [-0.15, -0.1) is 0 Å². The van der Waals surface area contributed by atoms with Crippen molar-refractivity contribution in [3.05, 3.63) is 35.4 Å². The standard InChI is InChI=1S/C25H40N4O6/c1-16-9-8-10-17(15-16)20(21(32)28-24(2,3)4)29(13-14-30)22(33)18(11-12-19(26)31)27-23(34)35-25(5,6)7/h8-10,15,18,20,30H,11-14H2,1-7H3,(H2,26,31)(H,27,34)(H,28,32). The van der Waals surface area contributed by atoms with Crippen LogP contribution in [0.4, 0.5) is 4.79 Å². The van der Waals surface area contributed by atoms with Gasteiger partial charge in [-0.2, -0.15) is 0 Å². The van der Waals surface area contributed by atoms with Gasteiger partial charge in [-0.3, -0.25) is 14.4 Å². The highest BCUT2D eigenvalue weighted by Gasteiger charge is 2.37. The van der Waals surface area contributed by atoms with Crippen LogP contribution >= 0.6 is 0 Å². The summed E-state index contributed by atoms with van der Waals surface area (Å²) in [7, 11) is 0. The van der Waals surface area contributed by atoms with Gasteiger partial charge in [-0.25, -0.2) is 4.79 Å². The van der Waals surface area contributed by atoms with Crippen molar-refractivity contribution in [3.8, 4) is 0 Å². The molecule has 0 aliphatic heterocycles. The first-order valence-corrected chi connectivity index (χ1v) is 11.6. The Morgan fingerprint density at radius 2 is 1.74 bits per heavy atom. The van der Waals surface area contributed by atoms with E-state index in [0.717, 1.165) is 5.56 Å². The zero-order valence-corrected chi connectivity index (χ0v) is 21.8. The second-order valence-corrected chi connectivity index (χ2v) is 10.5. The molecule has 0 radical (unpaired) electrons. The predicted molar refractivity (Wildman–Crippen MR) is 132 cm³/mol. The molecule has 1 aromatic rings. The van der Waals surface area contributed by atoms with Crippen LogP contribution in [-0.4, -0.2) is 64.2 Å². The van der Waals surface area contributed by atoms with Gasteiger partial charge in [0.25, 0.3) is 0 Å². The largest absolute Gasteiger partial charge is 0.444 e. The van der Waals surface area contributed by atoms with E-state index < -0.39 is 53.6 Å². The summed E-state index contributed by atoms with van der Waals surface area (Å²) in [5, 5.41) is 15.2. The quantitative estimate of drug-likeness (QED) is 0.392. The number of alkyl carbamates (subject to hydrolysis) is 1. The van der Waals surface area contributed by atoms with Crippen LogP contribution in [0.3, 0.4) is 0 Å². The Morgan fingerprint density at radius 1 is 1.11 bits per heavy atom. The zero-order chi connectivity index (χ0) is 27.0. The number of aryl methyl sites for hydroxylation is 1. The van der Waals surface area contributed by atoms with Crippen molar-refractivity contribution < 1.29 is 29.0 Å². The summed E-state index contributed by atoms with van der Waals surface area (Å²) in [4.78, 5) is 52.3. The van der Waals surface area contributed by atoms with Gasteiger partial charge >= 0.3 is 6.09 Å². The topological polar surface area (TPSA) is 151 Å². The lowest BCUT2D eigenvalue weighted by atomic mass is 9.98. The number of benzene rings is 1. The summed E-state index contributed by atoms with van der Waals surface area (Å²) >= 11 is 0. The normalized spacial score (nSPS) is 13.4. The van der Waals surface area contributed by atoms with Crippen molar-refractivity contribution in [1.29, 1.82) is 0 Å². The van der Waals surface area contributed by atoms with E-state index in [4.69, 9.17) is 10.5 Å². The number of aliphatic hydroxyl groups excluding tert-OH is 1. The number of rotatable bonds is 10. The van der Waals surface area contributed by atoms with Gasteiger partial charge in [0, 0.05) is 18.5 Å². The molecule has 0 fully saturated rings. The molecule has 35 heavy (non-hydrogen) atoms. The van der Waals surface area contributed by atoms with Crippen LogP contribution in [0.1, 0.15) is 71.6 Å². The molecule has 5 N–H and O–H groups in total. The van der Waals surface area contributed by atoms with Crippen LogP contribution < -0.4 is 16.4 Å². The molecule has 0 aliphatic rings. The van der Waals surface area contributed by atoms with E-state index >= 15 is 0 Å². The van der Waals surface area contributed by atoms with Crippen LogP contribution in [0, 0.1) is 6.92 Å². The fourth-order valence-electron chi connectivity index (χ4n) is 3.42. The van der Waals surface area contributed by atoms with Gasteiger partial charge in [0.1, 0.15) is 17.7 Å². The maximum Gasteiger partial charge on any atom is 0.408 e. The third-order valence-corrected chi connectivity index (χ3v) is 4.71. The molecule has 0 aromatic heterocycles. The molecule has 10 nitrogen and oxygen atoms in total. The van der Waals surface area contributed by atoms with E-state index in [9.17, 15) is 24.3 Å². The maximum absolute atomic E-state index is 13.7. The Bertz CT molecular complexity index is 904. The SMILES string of the molecule is Cc1cccc(C(C(=O)NC(C)(C)C)N(CCO)C(=O)C(CCC(N)=O)NC(=O)OC(C)(C)C)c1. The molecule has 0 bridgehead atoms. The van der Waals surface area contributed by atoms with Gasteiger partial charge in [0.2, 0.25) is 17.7 Å². The average Bonchev–Trinajstić information content (AvgIpc) is 2.67. The summed E-state index contributed by atoms with van der Waals surface area (Å²) in [5.41, 5.74) is 5.30. The van der Waals surface area contributed by atoms with Crippen LogP contribution in [0.25, 0.3) is 0 Å². The molecule has 2 unspecified atom stereocenters. The second-order valence-electron chi connectivity index (χ2n) is 10.5. The molecule has 196 valence electrons. The van der Waals surface area contributed by atoms with Crippen molar-refractivity contribution in [2.75, 3.05) is 13.2 Å². The van der Waals surface area contributed by atoms with Gasteiger partial charge < -0.3 is 31.1 Å². The molecular formula is C25H40N4O6. The number of ether oxygens (including phenoxy) is 1. The van der Waals surface area contributed by atoms with Crippen LogP contribution in [0.15, 0.2) is 24.3 Å². The Morgan fingerprint density at radius 3 is 2.23 bits per heavy atom. The highest BCUT2D eigenvalue weighted by Crippen LogP contribution is 2.25. The Balaban J connectivity index is 3.46. The summed E-state index contributed by atoms with van der Waals surface area (Å²) in [6, 6.07) is 4.83. The van der Waals surface area contributed by atoms with E-state index in [2.05, 4.69) is 10.6 Å². The summed E-state index contributed by atoms with van der Waals surface area (Å²) < 4.78 is 5.27. The van der Waals surface area contributed by atoms with Crippen molar-refractivity contribution in [2.45, 2.75) is 84.5 Å². The molecule has 0 aliphatic carbocycles. The minimum atomic E-state index is -1.21. The molecule has 4 amide bonds. The Hall–Kier alpha value is -3.14. The number of carbonyl (C=O) groups excluding carboxylic acids is 4. The van der Waals surface area contributed by atoms with Crippen molar-refractivity contribution >= 4 is 23.8 Å². The van der Waals surface area contributed by atoms with Gasteiger partial charge in [0.05, 0.1) is 6.61 Å². The third-order valence-electron chi connectivity index (χ3n) is 4.71. The molecule has 2 atom stereocenters. The van der Waals surface area contributed by atoms with Gasteiger partial charge in [0.15, 0.2) is 0 Å². The molecular weight excluding hydrogens is 452 g/mol. The molecule has 1 rings (SSSR count). The number of hydrogen-bond acceptors (Lipinski definition) is 6. The lowest BCUT2D eigenvalue weighted by molar-refractivity contribution is -0.143. The van der Waals surface area contributed by atoms with E-state index in [1.165, 1.54) is 4.90 Å². The lowest BCUT2D eigenvalue weighted by Crippen LogP contribution is -2.55. The number of carbonyl (C=O) groups is 4. The number of primary amides is 1. The fourth-order valence-corrected chi connectivity index (χ4v) is 3.42. The molecule has 0 spiro atoms. The summed E-state index contributed by atoms with van der Waals surface area (Å²) in [6.07, 6.45) is -1.13. The zero-order valence-electron chi connectivity index (χ0n) is 21.8. The minimum absolute atomic E-state index is 0.100. The highest BCUT2D eigenvalue weighted by molar-refractivity contribution is 5.92. The first-order chi connectivity index (χ1) is 16.0. The number of amides is 4. The van der Waals surface area contributed by atoms with Gasteiger partial charge in [-0.1, -0.05) is 29.8 Å². The number of nitrogens with zero attached hydrogens (tertiary/aromatic N) is 1. The molecule has 10 heteroatoms. The number of aliphatic hydroxyl groups is 1. The second kappa shape index (κ2) is 12.5.